The highest BCUT2D eigenvalue weighted by molar-refractivity contribution is 6.04. The molecule has 2 atom stereocenters. The molecule has 2 fully saturated rings. The van der Waals surface area contributed by atoms with E-state index in [1.54, 1.807) is 12.1 Å². The van der Waals surface area contributed by atoms with Gasteiger partial charge in [0.2, 0.25) is 11.8 Å². The number of nitrogens with one attached hydrogen (secondary N) is 1. The van der Waals surface area contributed by atoms with Gasteiger partial charge in [0.15, 0.2) is 0 Å². The Balaban J connectivity index is 1.42. The van der Waals surface area contributed by atoms with E-state index >= 15 is 0 Å². The molecule has 0 radical (unpaired) electrons. The lowest BCUT2D eigenvalue weighted by atomic mass is 9.83. The van der Waals surface area contributed by atoms with Crippen molar-refractivity contribution in [3.8, 4) is 0 Å². The summed E-state index contributed by atoms with van der Waals surface area (Å²) in [6, 6.07) is 7.30. The van der Waals surface area contributed by atoms with Crippen LogP contribution in [-0.2, 0) is 28.5 Å². The summed E-state index contributed by atoms with van der Waals surface area (Å²) in [7, 11) is 0. The number of halogens is 7. The van der Waals surface area contributed by atoms with Crippen molar-refractivity contribution in [3.63, 3.8) is 0 Å². The van der Waals surface area contributed by atoms with Crippen LogP contribution in [0, 0.1) is 11.2 Å². The van der Waals surface area contributed by atoms with E-state index in [9.17, 15) is 40.3 Å². The Hall–Kier alpha value is -3.15. The van der Waals surface area contributed by atoms with Crippen molar-refractivity contribution in [1.29, 1.82) is 0 Å². The summed E-state index contributed by atoms with van der Waals surface area (Å²) in [5, 5.41) is 2.35. The van der Waals surface area contributed by atoms with Crippen LogP contribution < -0.4 is 11.1 Å². The number of benzene rings is 2. The third-order valence-corrected chi connectivity index (χ3v) is 7.88. The first kappa shape index (κ1) is 28.8. The minimum Gasteiger partial charge on any atom is -0.369 e. The van der Waals surface area contributed by atoms with E-state index in [-0.39, 0.29) is 36.7 Å². The molecule has 2 aliphatic rings. The summed E-state index contributed by atoms with van der Waals surface area (Å²) in [6.07, 6.45) is -7.73. The van der Waals surface area contributed by atoms with Crippen LogP contribution in [-0.4, -0.2) is 35.8 Å². The Morgan fingerprint density at radius 3 is 2.00 bits per heavy atom. The molecule has 1 saturated carbocycles. The average Bonchev–Trinajstić information content (AvgIpc) is 3.34. The standard InChI is InChI=1S/C27H28F7N3O2/c28-21-3-1-17(2-4-21)18-6-9-37(10-7-18)22-5-8-25(14-22,23(35)38)24(39)36-15-16-11-19(26(29,30)31)13-20(12-16)27(32,33)34/h1-4,11-13,18,22H,5-10,14-15H2,(H2,35,38)(H,36,39). The number of primary amides is 1. The molecule has 4 rings (SSSR count). The van der Waals surface area contributed by atoms with Gasteiger partial charge in [-0.05, 0) is 92.6 Å². The lowest BCUT2D eigenvalue weighted by Gasteiger charge is -2.37. The molecule has 3 N–H and O–H groups in total. The normalized spacial score (nSPS) is 23.1. The molecule has 0 bridgehead atoms. The topological polar surface area (TPSA) is 75.4 Å². The second-order valence-electron chi connectivity index (χ2n) is 10.3. The quantitative estimate of drug-likeness (QED) is 0.369. The minimum absolute atomic E-state index is 0.0110. The summed E-state index contributed by atoms with van der Waals surface area (Å²) >= 11 is 0. The Bertz CT molecular complexity index is 1170. The maximum atomic E-state index is 13.2. The van der Waals surface area contributed by atoms with Gasteiger partial charge in [-0.2, -0.15) is 26.3 Å². The molecule has 0 aromatic heterocycles. The fourth-order valence-electron chi connectivity index (χ4n) is 5.68. The molecule has 1 aliphatic heterocycles. The number of hydrogen-bond acceptors (Lipinski definition) is 3. The first-order chi connectivity index (χ1) is 18.2. The average molecular weight is 560 g/mol. The van der Waals surface area contributed by atoms with Gasteiger partial charge in [-0.1, -0.05) is 12.1 Å². The summed E-state index contributed by atoms with van der Waals surface area (Å²) in [5.41, 5.74) is 1.66. The van der Waals surface area contributed by atoms with Crippen LogP contribution in [0.2, 0.25) is 0 Å². The number of likely N-dealkylation sites (tertiary alicyclic amines) is 1. The molecule has 2 amide bonds. The van der Waals surface area contributed by atoms with Crippen molar-refractivity contribution in [1.82, 2.24) is 10.2 Å². The molecule has 12 heteroatoms. The van der Waals surface area contributed by atoms with E-state index in [0.717, 1.165) is 18.4 Å². The Morgan fingerprint density at radius 1 is 0.923 bits per heavy atom. The molecule has 212 valence electrons. The molecule has 1 heterocycles. The van der Waals surface area contributed by atoms with Crippen molar-refractivity contribution in [3.05, 3.63) is 70.5 Å². The van der Waals surface area contributed by atoms with Crippen molar-refractivity contribution < 1.29 is 40.3 Å². The summed E-state index contributed by atoms with van der Waals surface area (Å²) < 4.78 is 92.2. The SMILES string of the molecule is NC(=O)C1(C(=O)NCc2cc(C(F)(F)F)cc(C(F)(F)F)c2)CCC(N2CCC(c3ccc(F)cc3)CC2)C1. The van der Waals surface area contributed by atoms with Gasteiger partial charge < -0.3 is 16.0 Å². The molecular formula is C27H28F7N3O2. The fourth-order valence-corrected chi connectivity index (χ4v) is 5.68. The number of piperidine rings is 1. The van der Waals surface area contributed by atoms with Gasteiger partial charge in [0.25, 0.3) is 0 Å². The van der Waals surface area contributed by atoms with Crippen LogP contribution >= 0.6 is 0 Å². The first-order valence-electron chi connectivity index (χ1n) is 12.5. The molecule has 0 spiro atoms. The highest BCUT2D eigenvalue weighted by atomic mass is 19.4. The predicted octanol–water partition coefficient (Wildman–Crippen LogP) is 5.38. The zero-order chi connectivity index (χ0) is 28.6. The highest BCUT2D eigenvalue weighted by Crippen LogP contribution is 2.43. The summed E-state index contributed by atoms with van der Waals surface area (Å²) in [6.45, 7) is 0.746. The summed E-state index contributed by atoms with van der Waals surface area (Å²) in [5.74, 6) is -1.76. The lowest BCUT2D eigenvalue weighted by Crippen LogP contribution is -2.49. The van der Waals surface area contributed by atoms with Crippen molar-refractivity contribution in [2.75, 3.05) is 13.1 Å². The third kappa shape index (κ3) is 6.37. The molecule has 2 aromatic carbocycles. The lowest BCUT2D eigenvalue weighted by molar-refractivity contribution is -0.143. The van der Waals surface area contributed by atoms with Gasteiger partial charge in [-0.15, -0.1) is 0 Å². The van der Waals surface area contributed by atoms with E-state index in [1.165, 1.54) is 12.1 Å². The van der Waals surface area contributed by atoms with Gasteiger partial charge in [0.05, 0.1) is 11.1 Å². The number of rotatable bonds is 6. The van der Waals surface area contributed by atoms with Crippen LogP contribution in [0.4, 0.5) is 30.7 Å². The number of hydrogen-bond donors (Lipinski definition) is 2. The van der Waals surface area contributed by atoms with Crippen molar-refractivity contribution >= 4 is 11.8 Å². The zero-order valence-electron chi connectivity index (χ0n) is 20.8. The maximum Gasteiger partial charge on any atom is 0.416 e. The summed E-state index contributed by atoms with van der Waals surface area (Å²) in [4.78, 5) is 27.8. The Kier molecular flexibility index (Phi) is 7.98. The number of alkyl halides is 6. The molecule has 1 saturated heterocycles. The Morgan fingerprint density at radius 2 is 1.49 bits per heavy atom. The number of carbonyl (C=O) groups is 2. The molecule has 2 aromatic rings. The number of amides is 2. The van der Waals surface area contributed by atoms with Crippen LogP contribution in [0.1, 0.15) is 60.3 Å². The number of nitrogens with two attached hydrogens (primary N) is 1. The minimum atomic E-state index is -5.02. The van der Waals surface area contributed by atoms with Crippen LogP contribution in [0.25, 0.3) is 0 Å². The van der Waals surface area contributed by atoms with Gasteiger partial charge in [0.1, 0.15) is 11.2 Å². The monoisotopic (exact) mass is 559 g/mol. The van der Waals surface area contributed by atoms with Gasteiger partial charge in [-0.3, -0.25) is 9.59 Å². The second-order valence-corrected chi connectivity index (χ2v) is 10.3. The molecule has 5 nitrogen and oxygen atoms in total. The number of nitrogens with zero attached hydrogens (tertiary/aromatic N) is 1. The van der Waals surface area contributed by atoms with E-state index in [1.807, 2.05) is 0 Å². The predicted molar refractivity (Wildman–Crippen MR) is 128 cm³/mol. The maximum absolute atomic E-state index is 13.2. The molecule has 39 heavy (non-hydrogen) atoms. The van der Waals surface area contributed by atoms with Gasteiger partial charge >= 0.3 is 12.4 Å². The highest BCUT2D eigenvalue weighted by Gasteiger charge is 2.51. The van der Waals surface area contributed by atoms with E-state index in [0.29, 0.717) is 31.6 Å². The van der Waals surface area contributed by atoms with Crippen LogP contribution in [0.15, 0.2) is 42.5 Å². The third-order valence-electron chi connectivity index (χ3n) is 7.88. The molecule has 2 unspecified atom stereocenters. The smallest absolute Gasteiger partial charge is 0.369 e. The molecule has 1 aliphatic carbocycles. The number of carbonyl (C=O) groups excluding carboxylic acids is 2. The van der Waals surface area contributed by atoms with Crippen molar-refractivity contribution in [2.24, 2.45) is 11.1 Å². The Labute approximate surface area is 220 Å². The van der Waals surface area contributed by atoms with Gasteiger partial charge in [-0.25, -0.2) is 4.39 Å². The second kappa shape index (κ2) is 10.8. The van der Waals surface area contributed by atoms with E-state index < -0.39 is 52.8 Å². The van der Waals surface area contributed by atoms with Crippen molar-refractivity contribution in [2.45, 2.75) is 63.0 Å². The van der Waals surface area contributed by atoms with E-state index in [2.05, 4.69) is 10.2 Å². The van der Waals surface area contributed by atoms with E-state index in [4.69, 9.17) is 5.73 Å². The first-order valence-corrected chi connectivity index (χ1v) is 12.5. The fraction of sp³-hybridized carbons (Fsp3) is 0.481. The molecular weight excluding hydrogens is 531 g/mol. The van der Waals surface area contributed by atoms with Crippen LogP contribution in [0.5, 0.6) is 0 Å². The van der Waals surface area contributed by atoms with Crippen LogP contribution in [0.3, 0.4) is 0 Å². The van der Waals surface area contributed by atoms with Gasteiger partial charge in [0, 0.05) is 12.6 Å². The zero-order valence-corrected chi connectivity index (χ0v) is 20.8. The largest absolute Gasteiger partial charge is 0.416 e.